The summed E-state index contributed by atoms with van der Waals surface area (Å²) in [4.78, 5) is 31.2. The van der Waals surface area contributed by atoms with Crippen molar-refractivity contribution in [3.63, 3.8) is 0 Å². The summed E-state index contributed by atoms with van der Waals surface area (Å²) in [6.07, 6.45) is -0.409. The molecule has 0 radical (unpaired) electrons. The molecule has 1 aromatic rings. The number of hydrogen-bond acceptors (Lipinski definition) is 5. The number of amidine groups is 1. The number of alkyl halides is 3. The normalized spacial score (nSPS) is 22.7. The Labute approximate surface area is 197 Å². The maximum atomic E-state index is 13.1. The molecular formula is C22H21ClF3N4O4+. The van der Waals surface area contributed by atoms with Gasteiger partial charge in [-0.3, -0.25) is 4.79 Å². The number of nitrogens with one attached hydrogen (secondary N) is 1. The van der Waals surface area contributed by atoms with Crippen LogP contribution in [0, 0.1) is 0 Å². The molecule has 2 atom stereocenters. The van der Waals surface area contributed by atoms with E-state index in [9.17, 15) is 22.8 Å². The maximum absolute atomic E-state index is 13.1. The molecule has 34 heavy (non-hydrogen) atoms. The molecule has 1 aromatic heterocycles. The van der Waals surface area contributed by atoms with Gasteiger partial charge in [-0.05, 0) is 38.3 Å². The molecule has 3 aliphatic rings. The molecule has 0 bridgehead atoms. The molecule has 180 valence electrons. The highest BCUT2D eigenvalue weighted by atomic mass is 35.5. The van der Waals surface area contributed by atoms with Crippen molar-refractivity contribution in [2.45, 2.75) is 44.5 Å². The van der Waals surface area contributed by atoms with Crippen LogP contribution in [0.4, 0.5) is 13.2 Å². The summed E-state index contributed by atoms with van der Waals surface area (Å²) in [6, 6.07) is 0.882. The Bertz CT molecular complexity index is 1180. The van der Waals surface area contributed by atoms with E-state index >= 15 is 0 Å². The molecule has 4 rings (SSSR count). The van der Waals surface area contributed by atoms with Crippen LogP contribution in [-0.2, 0) is 14.3 Å². The highest BCUT2D eigenvalue weighted by molar-refractivity contribution is 6.31. The van der Waals surface area contributed by atoms with Gasteiger partial charge < -0.3 is 14.4 Å². The van der Waals surface area contributed by atoms with Crippen molar-refractivity contribution in [2.24, 2.45) is 0 Å². The van der Waals surface area contributed by atoms with E-state index in [0.29, 0.717) is 29.7 Å². The largest absolute Gasteiger partial charge is 0.467 e. The van der Waals surface area contributed by atoms with Gasteiger partial charge in [0.1, 0.15) is 5.02 Å². The first kappa shape index (κ1) is 24.0. The standard InChI is InChI=1S/C22H20ClF3N4O4/c1-12(13-8-16(23)18(28-9-13)33-11-22(24,25)26)30-10-15-14(19(30)31)4-6-27-17(15)29-20(32)21(2)5-3-7-34-21/h4,8-9,12H,3,5,7,10-11H2,1-2H3/p+1/t12?,21-/m1/s1. The van der Waals surface area contributed by atoms with Crippen LogP contribution in [0.15, 0.2) is 29.5 Å². The Balaban J connectivity index is 1.48. The molecule has 0 spiro atoms. The second kappa shape index (κ2) is 8.92. The molecule has 4 heterocycles. The quantitative estimate of drug-likeness (QED) is 0.630. The number of hydrogen-bond donors (Lipinski definition) is 1. The van der Waals surface area contributed by atoms with Crippen molar-refractivity contribution in [3.8, 4) is 5.88 Å². The average Bonchev–Trinajstić information content (AvgIpc) is 3.37. The van der Waals surface area contributed by atoms with Crippen LogP contribution in [-0.4, -0.2) is 64.9 Å². The fraction of sp³-hybridized carbons (Fsp3) is 0.455. The van der Waals surface area contributed by atoms with E-state index in [0.717, 1.165) is 6.42 Å². The molecule has 1 saturated heterocycles. The first-order chi connectivity index (χ1) is 16.0. The van der Waals surface area contributed by atoms with E-state index < -0.39 is 24.4 Å². The first-order valence-corrected chi connectivity index (χ1v) is 10.9. The van der Waals surface area contributed by atoms with Crippen LogP contribution in [0.3, 0.4) is 0 Å². The Kier molecular flexibility index (Phi) is 6.31. The van der Waals surface area contributed by atoms with Gasteiger partial charge in [0.15, 0.2) is 18.1 Å². The monoisotopic (exact) mass is 497 g/mol. The Morgan fingerprint density at radius 2 is 2.26 bits per heavy atom. The Hall–Kier alpha value is -3.10. The third-order valence-electron chi connectivity index (χ3n) is 5.90. The first-order valence-electron chi connectivity index (χ1n) is 10.5. The van der Waals surface area contributed by atoms with Gasteiger partial charge in [0, 0.05) is 12.8 Å². The predicted molar refractivity (Wildman–Crippen MR) is 116 cm³/mol. The lowest BCUT2D eigenvalue weighted by molar-refractivity contribution is -0.154. The average molecular weight is 498 g/mol. The molecule has 0 aliphatic carbocycles. The van der Waals surface area contributed by atoms with Crippen LogP contribution in [0.1, 0.15) is 38.3 Å². The number of pyridine rings is 1. The summed E-state index contributed by atoms with van der Waals surface area (Å²) in [5.41, 5.74) is 0.423. The number of halogens is 4. The van der Waals surface area contributed by atoms with Gasteiger partial charge >= 0.3 is 17.9 Å². The molecule has 3 aliphatic heterocycles. The van der Waals surface area contributed by atoms with Gasteiger partial charge in [-0.15, -0.1) is 0 Å². The number of carbonyl (C=O) groups excluding carboxylic acids is 2. The number of carbonyl (C=O) groups is 2. The minimum absolute atomic E-state index is 0.106. The van der Waals surface area contributed by atoms with Gasteiger partial charge in [0.25, 0.3) is 5.91 Å². The minimum atomic E-state index is -4.52. The van der Waals surface area contributed by atoms with Crippen LogP contribution < -0.4 is 14.7 Å². The third kappa shape index (κ3) is 4.74. The minimum Gasteiger partial charge on any atom is -0.467 e. The maximum Gasteiger partial charge on any atom is 0.422 e. The zero-order chi connectivity index (χ0) is 24.7. The lowest BCUT2D eigenvalue weighted by Gasteiger charge is -2.25. The van der Waals surface area contributed by atoms with E-state index in [1.54, 1.807) is 13.8 Å². The molecule has 0 aromatic carbocycles. The smallest absolute Gasteiger partial charge is 0.422 e. The SMILES string of the molecule is CC(c1cnc(OCC(F)(F)F)c(Cl)c1)N1CC2=C(C=C=[N+]=C2NC(=O)[C@@]2(C)CCCO2)C1=O. The number of amides is 2. The second-order valence-electron chi connectivity index (χ2n) is 8.33. The third-order valence-corrected chi connectivity index (χ3v) is 6.17. The summed E-state index contributed by atoms with van der Waals surface area (Å²) < 4.78 is 51.5. The number of nitrogens with zero attached hydrogens (tertiary/aromatic N) is 3. The Morgan fingerprint density at radius 1 is 1.50 bits per heavy atom. The van der Waals surface area contributed by atoms with Gasteiger partial charge in [0.05, 0.1) is 29.8 Å². The summed E-state index contributed by atoms with van der Waals surface area (Å²) in [6.45, 7) is 2.57. The molecule has 8 nitrogen and oxygen atoms in total. The van der Waals surface area contributed by atoms with E-state index in [1.165, 1.54) is 23.2 Å². The summed E-state index contributed by atoms with van der Waals surface area (Å²) >= 11 is 6.06. The summed E-state index contributed by atoms with van der Waals surface area (Å²) in [5.74, 6) is 1.87. The molecule has 1 N–H and O–H groups in total. The lowest BCUT2D eigenvalue weighted by Crippen LogP contribution is -2.48. The Morgan fingerprint density at radius 3 is 2.91 bits per heavy atom. The molecular weight excluding hydrogens is 477 g/mol. The fourth-order valence-electron chi connectivity index (χ4n) is 3.91. The second-order valence-corrected chi connectivity index (χ2v) is 8.74. The van der Waals surface area contributed by atoms with E-state index in [1.807, 2.05) is 0 Å². The van der Waals surface area contributed by atoms with E-state index in [2.05, 4.69) is 25.6 Å². The van der Waals surface area contributed by atoms with Crippen molar-refractivity contribution in [3.05, 3.63) is 40.1 Å². The molecule has 12 heteroatoms. The number of aromatic nitrogens is 1. The topological polar surface area (TPSA) is 94.9 Å². The van der Waals surface area contributed by atoms with Gasteiger partial charge in [-0.2, -0.15) is 23.2 Å². The molecule has 1 fully saturated rings. The highest BCUT2D eigenvalue weighted by Gasteiger charge is 2.45. The van der Waals surface area contributed by atoms with Crippen molar-refractivity contribution in [1.82, 2.24) is 19.9 Å². The number of rotatable bonds is 5. The summed E-state index contributed by atoms with van der Waals surface area (Å²) in [7, 11) is 0. The fourth-order valence-corrected chi connectivity index (χ4v) is 4.14. The van der Waals surface area contributed by atoms with Gasteiger partial charge in [-0.25, -0.2) is 9.78 Å². The predicted octanol–water partition coefficient (Wildman–Crippen LogP) is 2.27. The van der Waals surface area contributed by atoms with Gasteiger partial charge in [0.2, 0.25) is 5.88 Å². The zero-order valence-corrected chi connectivity index (χ0v) is 19.1. The van der Waals surface area contributed by atoms with Gasteiger partial charge in [-0.1, -0.05) is 11.6 Å². The molecule has 0 saturated carbocycles. The summed E-state index contributed by atoms with van der Waals surface area (Å²) in [5, 5.41) is 2.65. The number of ether oxygens (including phenoxy) is 2. The van der Waals surface area contributed by atoms with Crippen molar-refractivity contribution >= 4 is 35.1 Å². The van der Waals surface area contributed by atoms with Crippen molar-refractivity contribution in [2.75, 3.05) is 19.8 Å². The zero-order valence-electron chi connectivity index (χ0n) is 18.3. The van der Waals surface area contributed by atoms with Crippen LogP contribution in [0.5, 0.6) is 5.88 Å². The van der Waals surface area contributed by atoms with Crippen LogP contribution in [0.25, 0.3) is 0 Å². The van der Waals surface area contributed by atoms with E-state index in [4.69, 9.17) is 16.3 Å². The van der Waals surface area contributed by atoms with Crippen LogP contribution >= 0.6 is 11.6 Å². The van der Waals surface area contributed by atoms with E-state index in [-0.39, 0.29) is 35.1 Å². The van der Waals surface area contributed by atoms with Crippen LogP contribution in [0.2, 0.25) is 5.02 Å². The molecule has 2 amide bonds. The lowest BCUT2D eigenvalue weighted by atomic mass is 10.0. The highest BCUT2D eigenvalue weighted by Crippen LogP contribution is 2.33. The van der Waals surface area contributed by atoms with Crippen molar-refractivity contribution in [1.29, 1.82) is 0 Å². The molecule has 1 unspecified atom stereocenters. The van der Waals surface area contributed by atoms with Crippen molar-refractivity contribution < 1.29 is 32.2 Å².